The normalized spacial score (nSPS) is 25.0. The molecule has 6 aromatic rings. The van der Waals surface area contributed by atoms with Gasteiger partial charge in [0.15, 0.2) is 8.07 Å². The van der Waals surface area contributed by atoms with Crippen molar-refractivity contribution in [2.24, 2.45) is 23.7 Å². The molecule has 0 amide bonds. The molecule has 0 saturated heterocycles. The van der Waals surface area contributed by atoms with Crippen LogP contribution in [0, 0.1) is 23.7 Å². The molecule has 1 nitrogen and oxygen atoms in total. The monoisotopic (exact) mass is 631 g/mol. The highest BCUT2D eigenvalue weighted by Gasteiger charge is 2.61. The lowest BCUT2D eigenvalue weighted by Crippen LogP contribution is -2.70. The highest BCUT2D eigenvalue weighted by atomic mass is 28.3. The maximum absolute atomic E-state index is 2.65. The number of anilines is 3. The van der Waals surface area contributed by atoms with Crippen molar-refractivity contribution in [3.05, 3.63) is 151 Å². The van der Waals surface area contributed by atoms with Crippen LogP contribution >= 0.6 is 0 Å². The Balaban J connectivity index is 1.13. The van der Waals surface area contributed by atoms with Crippen LogP contribution in [0.25, 0.3) is 22.3 Å². The van der Waals surface area contributed by atoms with Gasteiger partial charge in [-0.05, 0) is 134 Å². The van der Waals surface area contributed by atoms with Crippen molar-refractivity contribution in [1.82, 2.24) is 0 Å². The van der Waals surface area contributed by atoms with Gasteiger partial charge < -0.3 is 4.90 Å². The van der Waals surface area contributed by atoms with Crippen LogP contribution in [0.4, 0.5) is 17.1 Å². The van der Waals surface area contributed by atoms with E-state index in [4.69, 9.17) is 0 Å². The first kappa shape index (κ1) is 26.3. The summed E-state index contributed by atoms with van der Waals surface area (Å²) in [4.78, 5) is 2.65. The molecule has 230 valence electrons. The molecule has 7 aliphatic rings. The van der Waals surface area contributed by atoms with E-state index in [0.717, 1.165) is 23.7 Å². The second-order valence-corrected chi connectivity index (χ2v) is 19.3. The molecule has 2 spiro atoms. The van der Waals surface area contributed by atoms with Crippen LogP contribution in [-0.4, -0.2) is 8.07 Å². The van der Waals surface area contributed by atoms with E-state index >= 15 is 0 Å². The molecular formula is C46H37NSi. The van der Waals surface area contributed by atoms with Crippen LogP contribution in [0.1, 0.15) is 43.2 Å². The zero-order valence-electron chi connectivity index (χ0n) is 27.1. The fraction of sp³-hybridized carbons (Fsp3) is 0.217. The molecule has 4 bridgehead atoms. The molecule has 4 fully saturated rings. The number of fused-ring (bicyclic) bond motifs is 12. The lowest BCUT2D eigenvalue weighted by Gasteiger charge is -2.64. The predicted molar refractivity (Wildman–Crippen MR) is 201 cm³/mol. The van der Waals surface area contributed by atoms with Gasteiger partial charge in [-0.1, -0.05) is 115 Å². The van der Waals surface area contributed by atoms with E-state index in [-0.39, 0.29) is 5.41 Å². The van der Waals surface area contributed by atoms with Crippen molar-refractivity contribution < 1.29 is 0 Å². The minimum atomic E-state index is -2.52. The second kappa shape index (κ2) is 9.06. The minimum absolute atomic E-state index is 0.128. The van der Waals surface area contributed by atoms with Gasteiger partial charge >= 0.3 is 0 Å². The van der Waals surface area contributed by atoms with Gasteiger partial charge in [0.2, 0.25) is 0 Å². The predicted octanol–water partition coefficient (Wildman–Crippen LogP) is 8.55. The van der Waals surface area contributed by atoms with Crippen LogP contribution < -0.4 is 25.6 Å². The van der Waals surface area contributed by atoms with Crippen molar-refractivity contribution in [1.29, 1.82) is 0 Å². The summed E-state index contributed by atoms with van der Waals surface area (Å²) in [5, 5.41) is 6.17. The largest absolute Gasteiger partial charge is 0.310 e. The van der Waals surface area contributed by atoms with E-state index < -0.39 is 8.07 Å². The van der Waals surface area contributed by atoms with Crippen LogP contribution in [0.2, 0.25) is 0 Å². The van der Waals surface area contributed by atoms with Gasteiger partial charge in [-0.3, -0.25) is 0 Å². The van der Waals surface area contributed by atoms with Gasteiger partial charge in [0.05, 0.1) is 11.4 Å². The highest BCUT2D eigenvalue weighted by molar-refractivity contribution is 7.24. The van der Waals surface area contributed by atoms with Crippen LogP contribution in [0.15, 0.2) is 140 Å². The van der Waals surface area contributed by atoms with E-state index in [2.05, 4.69) is 144 Å². The summed E-state index contributed by atoms with van der Waals surface area (Å²) in [6, 6.07) is 54.6. The van der Waals surface area contributed by atoms with E-state index in [1.54, 1.807) is 31.9 Å². The van der Waals surface area contributed by atoms with Gasteiger partial charge in [0, 0.05) is 11.1 Å². The van der Waals surface area contributed by atoms with Gasteiger partial charge in [-0.25, -0.2) is 0 Å². The Labute approximate surface area is 283 Å². The smallest absolute Gasteiger partial charge is 0.182 e. The quantitative estimate of drug-likeness (QED) is 0.164. The van der Waals surface area contributed by atoms with Crippen LogP contribution in [0.3, 0.4) is 0 Å². The zero-order chi connectivity index (χ0) is 31.2. The Morgan fingerprint density at radius 2 is 0.875 bits per heavy atom. The summed E-state index contributed by atoms with van der Waals surface area (Å²) in [5.41, 5.74) is 13.1. The molecule has 0 aromatic heterocycles. The molecule has 4 saturated carbocycles. The summed E-state index contributed by atoms with van der Waals surface area (Å²) in [6.07, 6.45) is 7.09. The summed E-state index contributed by atoms with van der Waals surface area (Å²) >= 11 is 0. The molecule has 6 aromatic carbocycles. The van der Waals surface area contributed by atoms with Gasteiger partial charge in [-0.15, -0.1) is 0 Å². The van der Waals surface area contributed by atoms with Gasteiger partial charge in [0.25, 0.3) is 0 Å². The number of hydrogen-bond acceptors (Lipinski definition) is 1. The van der Waals surface area contributed by atoms with Gasteiger partial charge in [-0.2, -0.15) is 0 Å². The fourth-order valence-corrected chi connectivity index (χ4v) is 18.3. The molecule has 0 radical (unpaired) electrons. The molecule has 3 heterocycles. The Morgan fingerprint density at radius 1 is 0.438 bits per heavy atom. The average molecular weight is 632 g/mol. The molecular weight excluding hydrogens is 595 g/mol. The summed E-state index contributed by atoms with van der Waals surface area (Å²) in [7, 11) is -2.52. The third kappa shape index (κ3) is 2.94. The lowest BCUT2D eigenvalue weighted by atomic mass is 9.41. The first-order valence-corrected chi connectivity index (χ1v) is 20.2. The molecule has 0 atom stereocenters. The lowest BCUT2D eigenvalue weighted by molar-refractivity contribution is -0.0419. The first-order valence-electron chi connectivity index (χ1n) is 18.2. The number of nitrogens with zero attached hydrogens (tertiary/aromatic N) is 1. The maximum atomic E-state index is 2.65. The molecule has 2 heteroatoms. The molecule has 4 aliphatic carbocycles. The molecule has 3 aliphatic heterocycles. The maximum Gasteiger partial charge on any atom is 0.182 e. The molecule has 0 unspecified atom stereocenters. The first-order chi connectivity index (χ1) is 23.8. The van der Waals surface area contributed by atoms with E-state index in [1.165, 1.54) is 71.4 Å². The standard InChI is InChI=1S/C46H37NSi/c1-8-18-42-34(11-1)35-12-2-9-19-43(35)48(42)44-20-10-3-13-36(44)37-22-21-33(28-45(37)48)47-40-16-6-4-14-38(40)46(39-15-5-7-17-41(39)47)31-24-29-23-30(26-31)27-32(46)25-29/h1-22,28-32H,23-27H2. The van der Waals surface area contributed by atoms with Crippen molar-refractivity contribution >= 4 is 45.9 Å². The Hall–Kier alpha value is -4.66. The Bertz CT molecular complexity index is 2210. The minimum Gasteiger partial charge on any atom is -0.310 e. The Kier molecular flexibility index (Phi) is 4.97. The second-order valence-electron chi connectivity index (χ2n) is 15.7. The summed E-state index contributed by atoms with van der Waals surface area (Å²) in [6.45, 7) is 0. The number of hydrogen-bond donors (Lipinski definition) is 0. The van der Waals surface area contributed by atoms with Crippen LogP contribution in [-0.2, 0) is 5.41 Å². The topological polar surface area (TPSA) is 3.24 Å². The molecule has 0 N–H and O–H groups in total. The fourth-order valence-electron chi connectivity index (χ4n) is 12.6. The Morgan fingerprint density at radius 3 is 1.40 bits per heavy atom. The summed E-state index contributed by atoms with van der Waals surface area (Å²) in [5.74, 6) is 3.36. The molecule has 48 heavy (non-hydrogen) atoms. The third-order valence-electron chi connectivity index (χ3n) is 13.8. The van der Waals surface area contributed by atoms with Crippen molar-refractivity contribution in [3.63, 3.8) is 0 Å². The van der Waals surface area contributed by atoms with Gasteiger partial charge in [0.1, 0.15) is 0 Å². The SMILES string of the molecule is c1ccc2c(c1)-c1ccccc1[Si]21c2ccccc2-c2ccc(N3c4ccccc4C4(c5ccccc53)C3CC5CC(C3)CC4C5)cc21. The number of rotatable bonds is 1. The van der Waals surface area contributed by atoms with Crippen LogP contribution in [0.5, 0.6) is 0 Å². The zero-order valence-corrected chi connectivity index (χ0v) is 28.1. The molecule has 13 rings (SSSR count). The van der Waals surface area contributed by atoms with Crippen molar-refractivity contribution in [2.45, 2.75) is 37.5 Å². The van der Waals surface area contributed by atoms with E-state index in [1.807, 2.05) is 0 Å². The van der Waals surface area contributed by atoms with E-state index in [9.17, 15) is 0 Å². The van der Waals surface area contributed by atoms with E-state index in [0.29, 0.717) is 0 Å². The number of para-hydroxylation sites is 2. The van der Waals surface area contributed by atoms with Crippen molar-refractivity contribution in [2.75, 3.05) is 4.90 Å². The summed E-state index contributed by atoms with van der Waals surface area (Å²) < 4.78 is 0. The average Bonchev–Trinajstić information content (AvgIpc) is 3.60. The third-order valence-corrected chi connectivity index (χ3v) is 18.8. The van der Waals surface area contributed by atoms with Crippen molar-refractivity contribution in [3.8, 4) is 22.3 Å². The number of benzene rings is 6. The highest BCUT2D eigenvalue weighted by Crippen LogP contribution is 2.69.